The number of pyridine rings is 1. The Kier molecular flexibility index (Phi) is 2.83. The fourth-order valence-corrected chi connectivity index (χ4v) is 2.07. The van der Waals surface area contributed by atoms with Crippen LogP contribution < -0.4 is 11.2 Å². The van der Waals surface area contributed by atoms with Crippen LogP contribution in [-0.4, -0.2) is 15.2 Å². The van der Waals surface area contributed by atoms with Crippen LogP contribution in [0.4, 0.5) is 10.2 Å². The number of halogens is 1. The van der Waals surface area contributed by atoms with Crippen LogP contribution in [0, 0.1) is 5.82 Å². The van der Waals surface area contributed by atoms with Gasteiger partial charge in [0.05, 0.1) is 16.8 Å². The standard InChI is InChI=1S/C14H11FN4O/c15-9-3-1-8(2-4-9)12-13(18-19-14(12)16)10-7-17-6-5-11(10)20/h1-7H,(H,17,20)(H3,16,18,19). The molecule has 0 amide bonds. The molecule has 0 bridgehead atoms. The molecule has 100 valence electrons. The van der Waals surface area contributed by atoms with Gasteiger partial charge in [-0.1, -0.05) is 12.1 Å². The van der Waals surface area contributed by atoms with Gasteiger partial charge in [-0.25, -0.2) is 4.39 Å². The molecule has 4 N–H and O–H groups in total. The monoisotopic (exact) mass is 270 g/mol. The average molecular weight is 270 g/mol. The highest BCUT2D eigenvalue weighted by atomic mass is 19.1. The molecule has 0 aliphatic heterocycles. The number of nitrogens with one attached hydrogen (secondary N) is 2. The Hall–Kier alpha value is -2.89. The van der Waals surface area contributed by atoms with E-state index in [4.69, 9.17) is 5.73 Å². The Balaban J connectivity index is 2.23. The van der Waals surface area contributed by atoms with Crippen LogP contribution in [0.25, 0.3) is 22.4 Å². The lowest BCUT2D eigenvalue weighted by Crippen LogP contribution is -2.03. The topological polar surface area (TPSA) is 87.6 Å². The maximum Gasteiger partial charge on any atom is 0.190 e. The number of aromatic nitrogens is 3. The van der Waals surface area contributed by atoms with Crippen molar-refractivity contribution in [1.29, 1.82) is 0 Å². The average Bonchev–Trinajstić information content (AvgIpc) is 2.82. The number of nitrogens with zero attached hydrogens (tertiary/aromatic N) is 1. The quantitative estimate of drug-likeness (QED) is 0.666. The van der Waals surface area contributed by atoms with Crippen LogP contribution in [0.3, 0.4) is 0 Å². The zero-order valence-electron chi connectivity index (χ0n) is 10.4. The lowest BCUT2D eigenvalue weighted by molar-refractivity contribution is 0.628. The van der Waals surface area contributed by atoms with Gasteiger partial charge in [-0.3, -0.25) is 9.89 Å². The minimum absolute atomic E-state index is 0.157. The Morgan fingerprint density at radius 1 is 1.15 bits per heavy atom. The zero-order valence-corrected chi connectivity index (χ0v) is 10.4. The van der Waals surface area contributed by atoms with Crippen molar-refractivity contribution in [2.45, 2.75) is 0 Å². The van der Waals surface area contributed by atoms with E-state index in [2.05, 4.69) is 15.2 Å². The molecule has 0 spiro atoms. The van der Waals surface area contributed by atoms with E-state index in [-0.39, 0.29) is 17.1 Å². The number of nitrogen functional groups attached to an aromatic ring is 1. The number of benzene rings is 1. The Morgan fingerprint density at radius 2 is 1.90 bits per heavy atom. The lowest BCUT2D eigenvalue weighted by Gasteiger charge is -2.04. The van der Waals surface area contributed by atoms with Crippen molar-refractivity contribution in [3.63, 3.8) is 0 Å². The highest BCUT2D eigenvalue weighted by Crippen LogP contribution is 2.33. The first-order valence-corrected chi connectivity index (χ1v) is 5.94. The summed E-state index contributed by atoms with van der Waals surface area (Å²) in [6, 6.07) is 7.27. The van der Waals surface area contributed by atoms with E-state index in [1.165, 1.54) is 18.2 Å². The molecule has 0 saturated carbocycles. The van der Waals surface area contributed by atoms with Gasteiger partial charge in [0.1, 0.15) is 5.82 Å². The third-order valence-electron chi connectivity index (χ3n) is 3.02. The van der Waals surface area contributed by atoms with Crippen LogP contribution >= 0.6 is 0 Å². The molecule has 0 unspecified atom stereocenters. The third kappa shape index (κ3) is 1.97. The summed E-state index contributed by atoms with van der Waals surface area (Å²) in [5.74, 6) is -0.0789. The lowest BCUT2D eigenvalue weighted by atomic mass is 10.0. The van der Waals surface area contributed by atoms with Crippen molar-refractivity contribution in [1.82, 2.24) is 15.2 Å². The van der Waals surface area contributed by atoms with E-state index in [1.54, 1.807) is 24.5 Å². The minimum Gasteiger partial charge on any atom is -0.382 e. The smallest absolute Gasteiger partial charge is 0.190 e. The predicted octanol–water partition coefficient (Wildman–Crippen LogP) is 2.15. The molecule has 2 aromatic heterocycles. The summed E-state index contributed by atoms with van der Waals surface area (Å²) in [6.07, 6.45) is 3.12. The number of hydrogen-bond donors (Lipinski definition) is 3. The molecule has 0 saturated heterocycles. The minimum atomic E-state index is -0.338. The molecule has 0 aliphatic carbocycles. The van der Waals surface area contributed by atoms with Crippen molar-refractivity contribution in [2.24, 2.45) is 0 Å². The van der Waals surface area contributed by atoms with E-state index in [9.17, 15) is 9.18 Å². The second-order valence-corrected chi connectivity index (χ2v) is 4.29. The fourth-order valence-electron chi connectivity index (χ4n) is 2.07. The Morgan fingerprint density at radius 3 is 2.60 bits per heavy atom. The van der Waals surface area contributed by atoms with Crippen LogP contribution in [0.5, 0.6) is 0 Å². The first-order valence-electron chi connectivity index (χ1n) is 5.94. The van der Waals surface area contributed by atoms with Gasteiger partial charge in [0.25, 0.3) is 0 Å². The van der Waals surface area contributed by atoms with E-state index in [0.29, 0.717) is 22.4 Å². The highest BCUT2D eigenvalue weighted by molar-refractivity contribution is 5.87. The molecule has 0 atom stereocenters. The Labute approximate surface area is 113 Å². The van der Waals surface area contributed by atoms with E-state index in [1.807, 2.05) is 0 Å². The summed E-state index contributed by atoms with van der Waals surface area (Å²) in [4.78, 5) is 14.7. The molecular weight excluding hydrogens is 259 g/mol. The summed E-state index contributed by atoms with van der Waals surface area (Å²) in [5.41, 5.74) is 7.91. The van der Waals surface area contributed by atoms with Gasteiger partial charge in [-0.2, -0.15) is 5.10 Å². The summed E-state index contributed by atoms with van der Waals surface area (Å²) in [7, 11) is 0. The van der Waals surface area contributed by atoms with Crippen LogP contribution in [0.1, 0.15) is 0 Å². The van der Waals surface area contributed by atoms with Gasteiger partial charge >= 0.3 is 0 Å². The second-order valence-electron chi connectivity index (χ2n) is 4.29. The molecule has 6 heteroatoms. The van der Waals surface area contributed by atoms with Gasteiger partial charge in [0.15, 0.2) is 11.2 Å². The first kappa shape index (κ1) is 12.2. The van der Waals surface area contributed by atoms with Crippen molar-refractivity contribution in [3.8, 4) is 22.4 Å². The summed E-state index contributed by atoms with van der Waals surface area (Å²) < 4.78 is 13.0. The molecule has 5 nitrogen and oxygen atoms in total. The third-order valence-corrected chi connectivity index (χ3v) is 3.02. The van der Waals surface area contributed by atoms with Crippen molar-refractivity contribution < 1.29 is 4.39 Å². The molecule has 0 fully saturated rings. The van der Waals surface area contributed by atoms with Gasteiger partial charge < -0.3 is 10.7 Å². The van der Waals surface area contributed by atoms with Gasteiger partial charge in [-0.15, -0.1) is 0 Å². The Bertz CT molecular complexity index is 805. The number of H-pyrrole nitrogens is 2. The van der Waals surface area contributed by atoms with Gasteiger partial charge in [-0.05, 0) is 17.7 Å². The summed E-state index contributed by atoms with van der Waals surface area (Å²) >= 11 is 0. The number of rotatable bonds is 2. The van der Waals surface area contributed by atoms with Crippen LogP contribution in [0.15, 0.2) is 47.5 Å². The molecule has 2 heterocycles. The largest absolute Gasteiger partial charge is 0.382 e. The number of hydrogen-bond acceptors (Lipinski definition) is 3. The molecule has 20 heavy (non-hydrogen) atoms. The molecule has 0 aliphatic rings. The molecule has 1 aromatic carbocycles. The maximum absolute atomic E-state index is 13.0. The normalized spacial score (nSPS) is 10.7. The van der Waals surface area contributed by atoms with Crippen molar-refractivity contribution in [3.05, 3.63) is 58.8 Å². The highest BCUT2D eigenvalue weighted by Gasteiger charge is 2.16. The summed E-state index contributed by atoms with van der Waals surface area (Å²) in [5, 5.41) is 6.69. The van der Waals surface area contributed by atoms with Crippen molar-refractivity contribution in [2.75, 3.05) is 5.73 Å². The van der Waals surface area contributed by atoms with Crippen LogP contribution in [0.2, 0.25) is 0 Å². The predicted molar refractivity (Wildman–Crippen MR) is 74.5 cm³/mol. The van der Waals surface area contributed by atoms with Crippen LogP contribution in [-0.2, 0) is 0 Å². The number of anilines is 1. The SMILES string of the molecule is Nc1n[nH]c(-c2c[nH]ccc2=O)c1-c1ccc(F)cc1. The summed E-state index contributed by atoms with van der Waals surface area (Å²) in [6.45, 7) is 0. The van der Waals surface area contributed by atoms with Crippen molar-refractivity contribution >= 4 is 5.82 Å². The van der Waals surface area contributed by atoms with Gasteiger partial charge in [0.2, 0.25) is 0 Å². The molecule has 0 radical (unpaired) electrons. The second kappa shape index (κ2) is 4.65. The van der Waals surface area contributed by atoms with E-state index < -0.39 is 0 Å². The number of nitrogens with two attached hydrogens (primary N) is 1. The molecule has 3 aromatic rings. The first-order chi connectivity index (χ1) is 9.66. The maximum atomic E-state index is 13.0. The zero-order chi connectivity index (χ0) is 14.1. The van der Waals surface area contributed by atoms with E-state index >= 15 is 0 Å². The van der Waals surface area contributed by atoms with Gasteiger partial charge in [0, 0.05) is 18.5 Å². The fraction of sp³-hybridized carbons (Fsp3) is 0. The number of aromatic amines is 2. The van der Waals surface area contributed by atoms with E-state index in [0.717, 1.165) is 0 Å². The molecular formula is C14H11FN4O. The molecule has 3 rings (SSSR count).